The van der Waals surface area contributed by atoms with Crippen LogP contribution in [0.4, 0.5) is 0 Å². The minimum Gasteiger partial charge on any atom is -0.497 e. The van der Waals surface area contributed by atoms with Gasteiger partial charge in [0.1, 0.15) is 5.75 Å². The number of ether oxygens (including phenoxy) is 2. The van der Waals surface area contributed by atoms with Crippen molar-refractivity contribution < 1.29 is 23.0 Å². The van der Waals surface area contributed by atoms with E-state index in [-0.39, 0.29) is 11.5 Å². The number of rotatable bonds is 5. The van der Waals surface area contributed by atoms with Crippen LogP contribution in [0, 0.1) is 0 Å². The van der Waals surface area contributed by atoms with E-state index in [1.54, 1.807) is 12.1 Å². The van der Waals surface area contributed by atoms with Crippen LogP contribution in [0.5, 0.6) is 5.75 Å². The van der Waals surface area contributed by atoms with Gasteiger partial charge < -0.3 is 14.6 Å². The lowest BCUT2D eigenvalue weighted by Gasteiger charge is -2.35. The summed E-state index contributed by atoms with van der Waals surface area (Å²) in [5, 5.41) is 9.53. The second kappa shape index (κ2) is 6.09. The Hall–Kier alpha value is -1.15. The number of aliphatic hydroxyl groups is 1. The van der Waals surface area contributed by atoms with E-state index in [2.05, 4.69) is 4.72 Å². The molecular weight excluding hydrogens is 282 g/mol. The SMILES string of the molecule is COc1ccc(S(=O)(=O)NC2(CO)CCOCC2)cc1. The number of methoxy groups -OCH3 is 1. The maximum atomic E-state index is 12.4. The maximum absolute atomic E-state index is 12.4. The zero-order valence-electron chi connectivity index (χ0n) is 11.3. The Labute approximate surface area is 118 Å². The van der Waals surface area contributed by atoms with E-state index in [0.29, 0.717) is 31.8 Å². The van der Waals surface area contributed by atoms with Crippen LogP contribution in [0.2, 0.25) is 0 Å². The molecule has 0 aliphatic carbocycles. The van der Waals surface area contributed by atoms with Crippen LogP contribution < -0.4 is 9.46 Å². The average molecular weight is 301 g/mol. The molecule has 0 unspecified atom stereocenters. The fourth-order valence-electron chi connectivity index (χ4n) is 2.15. The van der Waals surface area contributed by atoms with Gasteiger partial charge in [0.25, 0.3) is 0 Å². The maximum Gasteiger partial charge on any atom is 0.241 e. The highest BCUT2D eigenvalue weighted by Crippen LogP contribution is 2.24. The summed E-state index contributed by atoms with van der Waals surface area (Å²) in [4.78, 5) is 0.151. The molecule has 20 heavy (non-hydrogen) atoms. The lowest BCUT2D eigenvalue weighted by Crippen LogP contribution is -2.54. The van der Waals surface area contributed by atoms with Crippen molar-refractivity contribution in [2.45, 2.75) is 23.3 Å². The molecular formula is C13H19NO5S. The highest BCUT2D eigenvalue weighted by molar-refractivity contribution is 7.89. The Balaban J connectivity index is 2.20. The molecule has 1 aliphatic heterocycles. The third kappa shape index (κ3) is 3.29. The van der Waals surface area contributed by atoms with Gasteiger partial charge in [-0.1, -0.05) is 0 Å². The molecule has 1 aromatic rings. The number of hydrogen-bond donors (Lipinski definition) is 2. The monoisotopic (exact) mass is 301 g/mol. The van der Waals surface area contributed by atoms with E-state index in [0.717, 1.165) is 0 Å². The summed E-state index contributed by atoms with van der Waals surface area (Å²) in [6, 6.07) is 6.13. The molecule has 0 radical (unpaired) electrons. The predicted molar refractivity (Wildman–Crippen MR) is 73.2 cm³/mol. The Morgan fingerprint density at radius 2 is 1.90 bits per heavy atom. The summed E-state index contributed by atoms with van der Waals surface area (Å²) in [5.74, 6) is 0.590. The van der Waals surface area contributed by atoms with Gasteiger partial charge >= 0.3 is 0 Å². The van der Waals surface area contributed by atoms with Crippen molar-refractivity contribution in [1.82, 2.24) is 4.72 Å². The molecule has 2 N–H and O–H groups in total. The molecule has 0 spiro atoms. The molecule has 1 aromatic carbocycles. The topological polar surface area (TPSA) is 84.9 Å². The molecule has 0 atom stereocenters. The Kier molecular flexibility index (Phi) is 4.64. The van der Waals surface area contributed by atoms with Gasteiger partial charge in [0.05, 0.1) is 24.2 Å². The lowest BCUT2D eigenvalue weighted by molar-refractivity contribution is 0.0223. The van der Waals surface area contributed by atoms with Crippen molar-refractivity contribution >= 4 is 10.0 Å². The molecule has 0 aromatic heterocycles. The number of hydrogen-bond acceptors (Lipinski definition) is 5. The predicted octanol–water partition coefficient (Wildman–Crippen LogP) is 0.515. The standard InChI is InChI=1S/C13H19NO5S/c1-18-11-2-4-12(5-3-11)20(16,17)14-13(10-15)6-8-19-9-7-13/h2-5,14-15H,6-10H2,1H3. The number of aliphatic hydroxyl groups excluding tert-OH is 1. The van der Waals surface area contributed by atoms with Gasteiger partial charge in [-0.3, -0.25) is 0 Å². The van der Waals surface area contributed by atoms with Crippen LogP contribution in [0.25, 0.3) is 0 Å². The number of nitrogens with one attached hydrogen (secondary N) is 1. The van der Waals surface area contributed by atoms with Crippen LogP contribution in [0.3, 0.4) is 0 Å². The summed E-state index contributed by atoms with van der Waals surface area (Å²) < 4.78 is 37.5. The molecule has 6 nitrogen and oxygen atoms in total. The Morgan fingerprint density at radius 3 is 2.40 bits per heavy atom. The van der Waals surface area contributed by atoms with Gasteiger partial charge in [-0.05, 0) is 37.1 Å². The van der Waals surface area contributed by atoms with Crippen LogP contribution in [-0.4, -0.2) is 46.0 Å². The Bertz CT molecular complexity index is 534. The number of benzene rings is 1. The van der Waals surface area contributed by atoms with Crippen molar-refractivity contribution in [3.05, 3.63) is 24.3 Å². The minimum atomic E-state index is -3.68. The fraction of sp³-hybridized carbons (Fsp3) is 0.538. The zero-order chi connectivity index (χ0) is 14.6. The first-order valence-electron chi connectivity index (χ1n) is 6.38. The van der Waals surface area contributed by atoms with E-state index in [9.17, 15) is 13.5 Å². The summed E-state index contributed by atoms with van der Waals surface area (Å²) in [5.41, 5.74) is -0.836. The second-order valence-electron chi connectivity index (χ2n) is 4.83. The molecule has 2 rings (SSSR count). The summed E-state index contributed by atoms with van der Waals surface area (Å²) in [6.07, 6.45) is 0.914. The van der Waals surface area contributed by atoms with Crippen LogP contribution in [0.1, 0.15) is 12.8 Å². The molecule has 1 saturated heterocycles. The van der Waals surface area contributed by atoms with Gasteiger partial charge in [0, 0.05) is 13.2 Å². The first kappa shape index (κ1) is 15.2. The molecule has 0 amide bonds. The third-order valence-corrected chi connectivity index (χ3v) is 5.07. The molecule has 0 bridgehead atoms. The van der Waals surface area contributed by atoms with E-state index in [1.807, 2.05) is 0 Å². The van der Waals surface area contributed by atoms with Gasteiger partial charge in [-0.2, -0.15) is 0 Å². The molecule has 1 heterocycles. The van der Waals surface area contributed by atoms with Crippen molar-refractivity contribution in [3.8, 4) is 5.75 Å². The summed E-state index contributed by atoms with van der Waals surface area (Å²) >= 11 is 0. The van der Waals surface area contributed by atoms with Gasteiger partial charge in [0.2, 0.25) is 10.0 Å². The van der Waals surface area contributed by atoms with Crippen molar-refractivity contribution in [2.24, 2.45) is 0 Å². The fourth-order valence-corrected chi connectivity index (χ4v) is 3.60. The smallest absolute Gasteiger partial charge is 0.241 e. The molecule has 1 fully saturated rings. The van der Waals surface area contributed by atoms with Crippen LogP contribution in [-0.2, 0) is 14.8 Å². The highest BCUT2D eigenvalue weighted by atomic mass is 32.2. The molecule has 1 aliphatic rings. The van der Waals surface area contributed by atoms with Gasteiger partial charge in [-0.25, -0.2) is 13.1 Å². The van der Waals surface area contributed by atoms with E-state index >= 15 is 0 Å². The van der Waals surface area contributed by atoms with E-state index in [4.69, 9.17) is 9.47 Å². The highest BCUT2D eigenvalue weighted by Gasteiger charge is 2.36. The van der Waals surface area contributed by atoms with E-state index < -0.39 is 15.6 Å². The molecule has 7 heteroatoms. The number of sulfonamides is 1. The first-order chi connectivity index (χ1) is 9.51. The largest absolute Gasteiger partial charge is 0.497 e. The third-order valence-electron chi connectivity index (χ3n) is 3.47. The zero-order valence-corrected chi connectivity index (χ0v) is 12.1. The van der Waals surface area contributed by atoms with E-state index in [1.165, 1.54) is 19.2 Å². The molecule has 0 saturated carbocycles. The minimum absolute atomic E-state index is 0.151. The van der Waals surface area contributed by atoms with Crippen LogP contribution >= 0.6 is 0 Å². The van der Waals surface area contributed by atoms with Crippen LogP contribution in [0.15, 0.2) is 29.2 Å². The second-order valence-corrected chi connectivity index (χ2v) is 6.51. The molecule has 112 valence electrons. The average Bonchev–Trinajstić information content (AvgIpc) is 2.48. The van der Waals surface area contributed by atoms with Crippen molar-refractivity contribution in [2.75, 3.05) is 26.9 Å². The summed E-state index contributed by atoms with van der Waals surface area (Å²) in [7, 11) is -2.16. The summed E-state index contributed by atoms with van der Waals surface area (Å²) in [6.45, 7) is 0.628. The van der Waals surface area contributed by atoms with Gasteiger partial charge in [-0.15, -0.1) is 0 Å². The first-order valence-corrected chi connectivity index (χ1v) is 7.86. The normalized spacial score (nSPS) is 18.7. The quantitative estimate of drug-likeness (QED) is 0.828. The lowest BCUT2D eigenvalue weighted by atomic mass is 9.93. The van der Waals surface area contributed by atoms with Crippen molar-refractivity contribution in [3.63, 3.8) is 0 Å². The Morgan fingerprint density at radius 1 is 1.30 bits per heavy atom. The van der Waals surface area contributed by atoms with Gasteiger partial charge in [0.15, 0.2) is 0 Å². The van der Waals surface area contributed by atoms with Crippen molar-refractivity contribution in [1.29, 1.82) is 0 Å².